The quantitative estimate of drug-likeness (QED) is 0.625. The van der Waals surface area contributed by atoms with Gasteiger partial charge in [0.05, 0.1) is 24.4 Å². The van der Waals surface area contributed by atoms with Crippen LogP contribution in [-0.4, -0.2) is 20.4 Å². The van der Waals surface area contributed by atoms with Crippen LogP contribution in [0.15, 0.2) is 63.9 Å². The van der Waals surface area contributed by atoms with E-state index in [9.17, 15) is 17.6 Å². The highest BCUT2D eigenvalue weighted by Gasteiger charge is 2.26. The fourth-order valence-electron chi connectivity index (χ4n) is 2.72. The molecule has 0 radical (unpaired) electrons. The molecule has 10 heteroatoms. The number of primary sulfonamides is 1. The number of rotatable bonds is 5. The number of anilines is 2. The molecule has 4 N–H and O–H groups in total. The third-order valence-electron chi connectivity index (χ3n) is 4.12. The highest BCUT2D eigenvalue weighted by atomic mass is 79.9. The normalized spacial score (nSPS) is 16.8. The molecule has 7 nitrogen and oxygen atoms in total. The summed E-state index contributed by atoms with van der Waals surface area (Å²) in [4.78, 5) is 12.1. The van der Waals surface area contributed by atoms with E-state index in [1.54, 1.807) is 6.92 Å². The minimum absolute atomic E-state index is 0.104. The Labute approximate surface area is 170 Å². The van der Waals surface area contributed by atoms with Gasteiger partial charge in [0.15, 0.2) is 0 Å². The number of halogens is 2. The van der Waals surface area contributed by atoms with Gasteiger partial charge in [0.1, 0.15) is 10.7 Å². The summed E-state index contributed by atoms with van der Waals surface area (Å²) in [5.41, 5.74) is 4.00. The standard InChI is InChI=1S/C18H18BrFN4O3S/c1-11-15(20)10-24(23-11)16-7-6-13(9-17(16)28(21,26)27)22-18(25)8-12-4-2-3-5-14(12)19/h2-7,9-11,23H,8H2,1H3,(H,22,25)(H2,21,26,27). The van der Waals surface area contributed by atoms with Gasteiger partial charge in [-0.05, 0) is 36.8 Å². The number of carbonyl (C=O) groups excluding carboxylic acids is 1. The van der Waals surface area contributed by atoms with E-state index in [4.69, 9.17) is 5.14 Å². The van der Waals surface area contributed by atoms with E-state index in [1.807, 2.05) is 24.3 Å². The molecule has 1 atom stereocenters. The van der Waals surface area contributed by atoms with Crippen molar-refractivity contribution in [3.05, 3.63) is 64.5 Å². The molecule has 0 bridgehead atoms. The first-order valence-corrected chi connectivity index (χ1v) is 10.6. The molecule has 2 aromatic carbocycles. The van der Waals surface area contributed by atoms with Crippen molar-refractivity contribution >= 4 is 43.2 Å². The maximum absolute atomic E-state index is 13.7. The zero-order valence-corrected chi connectivity index (χ0v) is 17.2. The number of nitrogens with one attached hydrogen (secondary N) is 2. The Kier molecular flexibility index (Phi) is 5.84. The third kappa shape index (κ3) is 4.58. The first-order valence-electron chi connectivity index (χ1n) is 8.28. The van der Waals surface area contributed by atoms with Crippen LogP contribution >= 0.6 is 15.9 Å². The van der Waals surface area contributed by atoms with Crippen molar-refractivity contribution in [1.82, 2.24) is 5.43 Å². The summed E-state index contributed by atoms with van der Waals surface area (Å²) >= 11 is 3.38. The van der Waals surface area contributed by atoms with Gasteiger partial charge in [-0.2, -0.15) is 0 Å². The molecule has 1 aliphatic heterocycles. The van der Waals surface area contributed by atoms with Gasteiger partial charge in [-0.3, -0.25) is 9.80 Å². The molecule has 1 amide bonds. The lowest BCUT2D eigenvalue weighted by atomic mass is 10.1. The summed E-state index contributed by atoms with van der Waals surface area (Å²) in [5.74, 6) is -0.759. The molecule has 0 saturated heterocycles. The van der Waals surface area contributed by atoms with Crippen LogP contribution in [0.3, 0.4) is 0 Å². The van der Waals surface area contributed by atoms with Crippen molar-refractivity contribution < 1.29 is 17.6 Å². The molecule has 0 spiro atoms. The Morgan fingerprint density at radius 1 is 1.32 bits per heavy atom. The van der Waals surface area contributed by atoms with Crippen molar-refractivity contribution in [2.24, 2.45) is 5.14 Å². The van der Waals surface area contributed by atoms with E-state index in [-0.39, 0.29) is 28.6 Å². The largest absolute Gasteiger partial charge is 0.326 e. The fraction of sp³-hybridized carbons (Fsp3) is 0.167. The average Bonchev–Trinajstić information content (AvgIpc) is 2.95. The summed E-state index contributed by atoms with van der Waals surface area (Å²) in [7, 11) is -4.12. The van der Waals surface area contributed by atoms with Gasteiger partial charge < -0.3 is 5.32 Å². The van der Waals surface area contributed by atoms with Crippen LogP contribution < -0.4 is 20.9 Å². The second kappa shape index (κ2) is 8.00. The molecule has 3 rings (SSSR count). The van der Waals surface area contributed by atoms with Gasteiger partial charge in [0.2, 0.25) is 15.9 Å². The number of nitrogens with two attached hydrogens (primary N) is 1. The first-order chi connectivity index (χ1) is 13.1. The highest BCUT2D eigenvalue weighted by Crippen LogP contribution is 2.30. The van der Waals surface area contributed by atoms with Crippen LogP contribution in [0.25, 0.3) is 0 Å². The van der Waals surface area contributed by atoms with E-state index < -0.39 is 21.9 Å². The number of nitrogens with zero attached hydrogens (tertiary/aromatic N) is 1. The Morgan fingerprint density at radius 2 is 2.04 bits per heavy atom. The summed E-state index contributed by atoms with van der Waals surface area (Å²) in [6.07, 6.45) is 1.26. The smallest absolute Gasteiger partial charge is 0.240 e. The maximum Gasteiger partial charge on any atom is 0.240 e. The molecule has 148 valence electrons. The number of hydrogen-bond acceptors (Lipinski definition) is 5. The molecule has 28 heavy (non-hydrogen) atoms. The van der Waals surface area contributed by atoms with Crippen LogP contribution in [0.5, 0.6) is 0 Å². The molecular weight excluding hydrogens is 451 g/mol. The van der Waals surface area contributed by atoms with Gasteiger partial charge in [-0.1, -0.05) is 34.1 Å². The molecular formula is C18H18BrFN4O3S. The first kappa shape index (κ1) is 20.5. The lowest BCUT2D eigenvalue weighted by Crippen LogP contribution is -2.35. The minimum Gasteiger partial charge on any atom is -0.326 e. The van der Waals surface area contributed by atoms with Crippen molar-refractivity contribution in [2.75, 3.05) is 10.3 Å². The zero-order valence-electron chi connectivity index (χ0n) is 14.8. The average molecular weight is 469 g/mol. The van der Waals surface area contributed by atoms with Gasteiger partial charge in [-0.15, -0.1) is 0 Å². The van der Waals surface area contributed by atoms with Gasteiger partial charge in [0, 0.05) is 10.2 Å². The minimum atomic E-state index is -4.12. The Morgan fingerprint density at radius 3 is 2.64 bits per heavy atom. The van der Waals surface area contributed by atoms with E-state index >= 15 is 0 Å². The third-order valence-corrected chi connectivity index (χ3v) is 5.83. The Hall–Kier alpha value is -2.27. The summed E-state index contributed by atoms with van der Waals surface area (Å²) in [6.45, 7) is 1.60. The number of carbonyl (C=O) groups is 1. The van der Waals surface area contributed by atoms with E-state index in [0.717, 1.165) is 16.2 Å². The van der Waals surface area contributed by atoms with E-state index in [1.165, 1.54) is 23.2 Å². The van der Waals surface area contributed by atoms with E-state index in [0.29, 0.717) is 0 Å². The fourth-order valence-corrected chi connectivity index (χ4v) is 3.89. The Balaban J connectivity index is 1.85. The lowest BCUT2D eigenvalue weighted by molar-refractivity contribution is -0.115. The van der Waals surface area contributed by atoms with Gasteiger partial charge in [0.25, 0.3) is 0 Å². The predicted octanol–water partition coefficient (Wildman–Crippen LogP) is 2.80. The van der Waals surface area contributed by atoms with E-state index in [2.05, 4.69) is 26.7 Å². The number of amides is 1. The second-order valence-corrected chi connectivity index (χ2v) is 8.66. The number of sulfonamides is 1. The van der Waals surface area contributed by atoms with Crippen LogP contribution in [0.2, 0.25) is 0 Å². The summed E-state index contributed by atoms with van der Waals surface area (Å²) in [6, 6.07) is 10.9. The molecule has 0 aromatic heterocycles. The van der Waals surface area contributed by atoms with Crippen molar-refractivity contribution in [1.29, 1.82) is 0 Å². The number of hydrogen-bond donors (Lipinski definition) is 3. The predicted molar refractivity (Wildman–Crippen MR) is 109 cm³/mol. The van der Waals surface area contributed by atoms with Crippen LogP contribution in [-0.2, 0) is 21.2 Å². The molecule has 2 aromatic rings. The monoisotopic (exact) mass is 468 g/mol. The van der Waals surface area contributed by atoms with Gasteiger partial charge >= 0.3 is 0 Å². The van der Waals surface area contributed by atoms with Crippen LogP contribution in [0.1, 0.15) is 12.5 Å². The van der Waals surface area contributed by atoms with Crippen molar-refractivity contribution in [2.45, 2.75) is 24.3 Å². The van der Waals surface area contributed by atoms with Gasteiger partial charge in [-0.25, -0.2) is 23.4 Å². The molecule has 0 aliphatic carbocycles. The summed E-state index contributed by atoms with van der Waals surface area (Å²) in [5, 5.41) is 9.24. The molecule has 1 unspecified atom stereocenters. The maximum atomic E-state index is 13.7. The SMILES string of the molecule is CC1NN(c2ccc(NC(=O)Cc3ccccc3Br)cc2S(N)(=O)=O)C=C1F. The number of benzene rings is 2. The lowest BCUT2D eigenvalue weighted by Gasteiger charge is -2.21. The van der Waals surface area contributed by atoms with Crippen molar-refractivity contribution in [3.8, 4) is 0 Å². The summed E-state index contributed by atoms with van der Waals surface area (Å²) < 4.78 is 38.6. The topological polar surface area (TPSA) is 105 Å². The van der Waals surface area contributed by atoms with Crippen LogP contribution in [0.4, 0.5) is 15.8 Å². The number of hydrazine groups is 1. The van der Waals surface area contributed by atoms with Crippen LogP contribution in [0, 0.1) is 0 Å². The molecule has 0 fully saturated rings. The van der Waals surface area contributed by atoms with Crippen molar-refractivity contribution in [3.63, 3.8) is 0 Å². The zero-order chi connectivity index (χ0) is 20.5. The highest BCUT2D eigenvalue weighted by molar-refractivity contribution is 9.10. The molecule has 1 heterocycles. The molecule has 1 aliphatic rings. The Bertz CT molecular complexity index is 1060. The second-order valence-electron chi connectivity index (χ2n) is 6.28. The molecule has 0 saturated carbocycles.